The van der Waals surface area contributed by atoms with Crippen LogP contribution in [0.25, 0.3) is 0 Å². The lowest BCUT2D eigenvalue weighted by atomic mass is 10.1. The standard InChI is InChI=1S/C17H29N3O3/c1-8-23-17(22)14(6)19(7)16(21)9-15-12(4)18-20(13(15)5)10-11(2)3/h11,14H,8-10H2,1-7H3. The Kier molecular flexibility index (Phi) is 6.79. The van der Waals surface area contributed by atoms with Crippen LogP contribution in [0.4, 0.5) is 0 Å². The maximum Gasteiger partial charge on any atom is 0.328 e. The van der Waals surface area contributed by atoms with E-state index in [0.717, 1.165) is 23.5 Å². The molecule has 0 saturated carbocycles. The molecular formula is C17H29N3O3. The van der Waals surface area contributed by atoms with Crippen molar-refractivity contribution < 1.29 is 14.3 Å². The Labute approximate surface area is 138 Å². The van der Waals surface area contributed by atoms with Crippen LogP contribution in [0.5, 0.6) is 0 Å². The molecule has 0 radical (unpaired) electrons. The maximum absolute atomic E-state index is 12.5. The van der Waals surface area contributed by atoms with Crippen molar-refractivity contribution in [3.8, 4) is 0 Å². The van der Waals surface area contributed by atoms with E-state index >= 15 is 0 Å². The molecule has 1 rings (SSSR count). The Morgan fingerprint density at radius 3 is 2.39 bits per heavy atom. The molecule has 1 amide bonds. The van der Waals surface area contributed by atoms with Crippen LogP contribution in [0, 0.1) is 19.8 Å². The quantitative estimate of drug-likeness (QED) is 0.721. The van der Waals surface area contributed by atoms with Gasteiger partial charge in [0, 0.05) is 24.8 Å². The zero-order chi connectivity index (χ0) is 17.7. The molecule has 1 aromatic rings. The average Bonchev–Trinajstić information content (AvgIpc) is 2.72. The number of amides is 1. The van der Waals surface area contributed by atoms with Crippen LogP contribution in [0.15, 0.2) is 0 Å². The molecular weight excluding hydrogens is 294 g/mol. The van der Waals surface area contributed by atoms with Gasteiger partial charge < -0.3 is 9.64 Å². The Bertz CT molecular complexity index is 564. The van der Waals surface area contributed by atoms with E-state index in [4.69, 9.17) is 4.74 Å². The van der Waals surface area contributed by atoms with Crippen molar-refractivity contribution in [1.82, 2.24) is 14.7 Å². The normalized spacial score (nSPS) is 12.3. The third-order valence-corrected chi connectivity index (χ3v) is 4.00. The summed E-state index contributed by atoms with van der Waals surface area (Å²) >= 11 is 0. The molecule has 0 aliphatic heterocycles. The van der Waals surface area contributed by atoms with E-state index in [0.29, 0.717) is 12.5 Å². The second-order valence-electron chi connectivity index (χ2n) is 6.33. The number of ether oxygens (including phenoxy) is 1. The van der Waals surface area contributed by atoms with E-state index in [2.05, 4.69) is 18.9 Å². The Morgan fingerprint density at radius 2 is 1.87 bits per heavy atom. The molecule has 1 atom stereocenters. The Morgan fingerprint density at radius 1 is 1.26 bits per heavy atom. The molecule has 1 heterocycles. The zero-order valence-corrected chi connectivity index (χ0v) is 15.3. The Balaban J connectivity index is 2.85. The van der Waals surface area contributed by atoms with Gasteiger partial charge in [-0.05, 0) is 33.6 Å². The summed E-state index contributed by atoms with van der Waals surface area (Å²) in [4.78, 5) is 25.7. The summed E-state index contributed by atoms with van der Waals surface area (Å²) in [6.45, 7) is 12.7. The molecule has 0 fully saturated rings. The fourth-order valence-corrected chi connectivity index (χ4v) is 2.43. The third-order valence-electron chi connectivity index (χ3n) is 4.00. The maximum atomic E-state index is 12.5. The summed E-state index contributed by atoms with van der Waals surface area (Å²) in [7, 11) is 1.63. The lowest BCUT2D eigenvalue weighted by Crippen LogP contribution is -2.42. The number of carbonyl (C=O) groups is 2. The number of hydrogen-bond donors (Lipinski definition) is 0. The number of likely N-dealkylation sites (N-methyl/N-ethyl adjacent to an activating group) is 1. The largest absolute Gasteiger partial charge is 0.464 e. The van der Waals surface area contributed by atoms with Gasteiger partial charge in [-0.1, -0.05) is 13.8 Å². The monoisotopic (exact) mass is 323 g/mol. The molecule has 0 aromatic carbocycles. The van der Waals surface area contributed by atoms with Gasteiger partial charge in [0.15, 0.2) is 0 Å². The molecule has 0 bridgehead atoms. The van der Waals surface area contributed by atoms with Gasteiger partial charge in [0.05, 0.1) is 18.7 Å². The smallest absolute Gasteiger partial charge is 0.328 e. The molecule has 23 heavy (non-hydrogen) atoms. The second-order valence-corrected chi connectivity index (χ2v) is 6.33. The number of aromatic nitrogens is 2. The highest BCUT2D eigenvalue weighted by Gasteiger charge is 2.25. The van der Waals surface area contributed by atoms with E-state index < -0.39 is 6.04 Å². The summed E-state index contributed by atoms with van der Waals surface area (Å²) < 4.78 is 6.93. The fourth-order valence-electron chi connectivity index (χ4n) is 2.43. The van der Waals surface area contributed by atoms with E-state index in [1.165, 1.54) is 4.90 Å². The van der Waals surface area contributed by atoms with Crippen LogP contribution in [0.3, 0.4) is 0 Å². The predicted molar refractivity (Wildman–Crippen MR) is 89.1 cm³/mol. The fraction of sp³-hybridized carbons (Fsp3) is 0.706. The summed E-state index contributed by atoms with van der Waals surface area (Å²) in [5.74, 6) is -0.00351. The topological polar surface area (TPSA) is 64.4 Å². The van der Waals surface area contributed by atoms with Crippen molar-refractivity contribution in [1.29, 1.82) is 0 Å². The average molecular weight is 323 g/mol. The third kappa shape index (κ3) is 4.81. The zero-order valence-electron chi connectivity index (χ0n) is 15.3. The number of carbonyl (C=O) groups excluding carboxylic acids is 2. The molecule has 1 unspecified atom stereocenters. The van der Waals surface area contributed by atoms with Crippen molar-refractivity contribution in [3.05, 3.63) is 17.0 Å². The van der Waals surface area contributed by atoms with Crippen molar-refractivity contribution in [2.24, 2.45) is 5.92 Å². The Hall–Kier alpha value is -1.85. The molecule has 1 aromatic heterocycles. The first-order chi connectivity index (χ1) is 10.7. The predicted octanol–water partition coefficient (Wildman–Crippen LogP) is 2.11. The van der Waals surface area contributed by atoms with Crippen LogP contribution in [-0.2, 0) is 27.3 Å². The van der Waals surface area contributed by atoms with Gasteiger partial charge >= 0.3 is 5.97 Å². The molecule has 6 nitrogen and oxygen atoms in total. The SMILES string of the molecule is CCOC(=O)C(C)N(C)C(=O)Cc1c(C)nn(CC(C)C)c1C. The summed E-state index contributed by atoms with van der Waals surface area (Å²) in [6, 6.07) is -0.589. The highest BCUT2D eigenvalue weighted by Crippen LogP contribution is 2.16. The highest BCUT2D eigenvalue weighted by atomic mass is 16.5. The minimum absolute atomic E-state index is 0.110. The van der Waals surface area contributed by atoms with Gasteiger partial charge in [-0.25, -0.2) is 4.79 Å². The first-order valence-corrected chi connectivity index (χ1v) is 8.14. The van der Waals surface area contributed by atoms with Crippen LogP contribution >= 0.6 is 0 Å². The lowest BCUT2D eigenvalue weighted by molar-refractivity contribution is -0.152. The van der Waals surface area contributed by atoms with E-state index in [1.807, 2.05) is 18.5 Å². The van der Waals surface area contributed by atoms with Crippen molar-refractivity contribution in [2.45, 2.75) is 60.5 Å². The van der Waals surface area contributed by atoms with E-state index in [1.54, 1.807) is 20.9 Å². The molecule has 0 aliphatic carbocycles. The van der Waals surface area contributed by atoms with Crippen molar-refractivity contribution in [3.63, 3.8) is 0 Å². The van der Waals surface area contributed by atoms with Gasteiger partial charge in [0.25, 0.3) is 0 Å². The van der Waals surface area contributed by atoms with Crippen LogP contribution in [0.1, 0.15) is 44.6 Å². The van der Waals surface area contributed by atoms with E-state index in [9.17, 15) is 9.59 Å². The van der Waals surface area contributed by atoms with Gasteiger partial charge in [-0.2, -0.15) is 5.10 Å². The first-order valence-electron chi connectivity index (χ1n) is 8.14. The number of esters is 1. The van der Waals surface area contributed by atoms with E-state index in [-0.39, 0.29) is 18.3 Å². The molecule has 0 spiro atoms. The van der Waals surface area contributed by atoms with Gasteiger partial charge in [0.1, 0.15) is 6.04 Å². The van der Waals surface area contributed by atoms with Gasteiger partial charge in [-0.15, -0.1) is 0 Å². The summed E-state index contributed by atoms with van der Waals surface area (Å²) in [6.07, 6.45) is 0.246. The van der Waals surface area contributed by atoms with Crippen molar-refractivity contribution >= 4 is 11.9 Å². The van der Waals surface area contributed by atoms with Crippen LogP contribution < -0.4 is 0 Å². The van der Waals surface area contributed by atoms with Crippen LogP contribution in [0.2, 0.25) is 0 Å². The van der Waals surface area contributed by atoms with Gasteiger partial charge in [-0.3, -0.25) is 9.48 Å². The minimum Gasteiger partial charge on any atom is -0.464 e. The molecule has 0 aliphatic rings. The molecule has 0 saturated heterocycles. The van der Waals surface area contributed by atoms with Crippen LogP contribution in [-0.4, -0.2) is 46.3 Å². The number of hydrogen-bond acceptors (Lipinski definition) is 4. The number of nitrogens with zero attached hydrogens (tertiary/aromatic N) is 3. The number of aryl methyl sites for hydroxylation is 1. The summed E-state index contributed by atoms with van der Waals surface area (Å²) in [5.41, 5.74) is 2.83. The minimum atomic E-state index is -0.589. The lowest BCUT2D eigenvalue weighted by Gasteiger charge is -2.23. The molecule has 6 heteroatoms. The van der Waals surface area contributed by atoms with Crippen molar-refractivity contribution in [2.75, 3.05) is 13.7 Å². The molecule has 0 N–H and O–H groups in total. The highest BCUT2D eigenvalue weighted by molar-refractivity contribution is 5.85. The molecule has 130 valence electrons. The number of rotatable bonds is 7. The first kappa shape index (κ1) is 19.2. The van der Waals surface area contributed by atoms with Gasteiger partial charge in [0.2, 0.25) is 5.91 Å². The summed E-state index contributed by atoms with van der Waals surface area (Å²) in [5, 5.41) is 4.53. The second kappa shape index (κ2) is 8.13.